The highest BCUT2D eigenvalue weighted by molar-refractivity contribution is 9.10. The molecule has 0 rings (SSSR count). The van der Waals surface area contributed by atoms with E-state index in [1.807, 2.05) is 0 Å². The second kappa shape index (κ2) is 5.26. The highest BCUT2D eigenvalue weighted by atomic mass is 79.9. The van der Waals surface area contributed by atoms with E-state index in [0.29, 0.717) is 6.29 Å². The summed E-state index contributed by atoms with van der Waals surface area (Å²) >= 11 is 2.95. The van der Waals surface area contributed by atoms with Gasteiger partial charge in [0.15, 0.2) is 6.10 Å². The molecular formula is C6H9BrO4. The summed E-state index contributed by atoms with van der Waals surface area (Å²) in [6.07, 6.45) is -0.289. The third-order valence-electron chi connectivity index (χ3n) is 1.11. The largest absolute Gasteiger partial charge is 0.467 e. The standard InChI is InChI=1S/C6H9BrO4/c1-10-5(4(7)3-8)6(9)11-2/h3-5H,1-2H3. The Hall–Kier alpha value is -0.420. The summed E-state index contributed by atoms with van der Waals surface area (Å²) in [6, 6.07) is 0. The molecule has 2 unspecified atom stereocenters. The molecule has 0 saturated carbocycles. The summed E-state index contributed by atoms with van der Waals surface area (Å²) in [7, 11) is 2.57. The van der Waals surface area contributed by atoms with E-state index in [9.17, 15) is 9.59 Å². The number of halogens is 1. The Bertz CT molecular complexity index is 148. The van der Waals surface area contributed by atoms with Gasteiger partial charge in [-0.25, -0.2) is 4.79 Å². The average molecular weight is 225 g/mol. The van der Waals surface area contributed by atoms with Crippen molar-refractivity contribution in [3.63, 3.8) is 0 Å². The molecule has 0 fully saturated rings. The Labute approximate surface area is 73.0 Å². The molecule has 0 bridgehead atoms. The topological polar surface area (TPSA) is 52.6 Å². The van der Waals surface area contributed by atoms with Crippen molar-refractivity contribution in [1.82, 2.24) is 0 Å². The summed E-state index contributed by atoms with van der Waals surface area (Å²) in [5.41, 5.74) is 0. The lowest BCUT2D eigenvalue weighted by Gasteiger charge is -2.13. The summed E-state index contributed by atoms with van der Waals surface area (Å²) < 4.78 is 9.08. The van der Waals surface area contributed by atoms with Gasteiger partial charge in [-0.2, -0.15) is 0 Å². The Kier molecular flexibility index (Phi) is 5.06. The van der Waals surface area contributed by atoms with Crippen LogP contribution in [0, 0.1) is 0 Å². The molecule has 0 N–H and O–H groups in total. The Morgan fingerprint density at radius 1 is 1.55 bits per heavy atom. The van der Waals surface area contributed by atoms with E-state index >= 15 is 0 Å². The number of aldehydes is 1. The predicted molar refractivity (Wildman–Crippen MR) is 41.6 cm³/mol. The molecule has 0 spiro atoms. The first kappa shape index (κ1) is 10.6. The van der Waals surface area contributed by atoms with Gasteiger partial charge in [-0.3, -0.25) is 0 Å². The summed E-state index contributed by atoms with van der Waals surface area (Å²) in [5.74, 6) is -0.568. The first-order valence-electron chi connectivity index (χ1n) is 2.87. The molecule has 0 aliphatic carbocycles. The van der Waals surface area contributed by atoms with Gasteiger partial charge in [-0.05, 0) is 0 Å². The van der Waals surface area contributed by atoms with Gasteiger partial charge in [0.1, 0.15) is 11.1 Å². The number of carbonyl (C=O) groups excluding carboxylic acids is 2. The van der Waals surface area contributed by atoms with Crippen LogP contribution in [0.3, 0.4) is 0 Å². The number of hydrogen-bond donors (Lipinski definition) is 0. The van der Waals surface area contributed by atoms with Gasteiger partial charge in [0, 0.05) is 7.11 Å². The number of alkyl halides is 1. The van der Waals surface area contributed by atoms with Crippen LogP contribution in [0.4, 0.5) is 0 Å². The number of hydrogen-bond acceptors (Lipinski definition) is 4. The van der Waals surface area contributed by atoms with Gasteiger partial charge in [0.2, 0.25) is 0 Å². The smallest absolute Gasteiger partial charge is 0.336 e. The average Bonchev–Trinajstić information content (AvgIpc) is 2.05. The second-order valence-corrected chi connectivity index (χ2v) is 2.82. The van der Waals surface area contributed by atoms with Gasteiger partial charge in [-0.1, -0.05) is 15.9 Å². The lowest BCUT2D eigenvalue weighted by Crippen LogP contribution is -2.33. The van der Waals surface area contributed by atoms with Crippen molar-refractivity contribution in [2.45, 2.75) is 10.9 Å². The van der Waals surface area contributed by atoms with E-state index in [1.54, 1.807) is 0 Å². The fourth-order valence-electron chi connectivity index (χ4n) is 0.544. The van der Waals surface area contributed by atoms with Gasteiger partial charge in [-0.15, -0.1) is 0 Å². The maximum atomic E-state index is 10.8. The van der Waals surface area contributed by atoms with Crippen LogP contribution in [-0.4, -0.2) is 37.4 Å². The van der Waals surface area contributed by atoms with Crippen molar-refractivity contribution in [2.24, 2.45) is 0 Å². The SMILES string of the molecule is COC(=O)C(OC)C(Br)C=O. The Morgan fingerprint density at radius 2 is 2.09 bits per heavy atom. The molecule has 0 radical (unpaired) electrons. The molecule has 0 aliphatic heterocycles. The monoisotopic (exact) mass is 224 g/mol. The van der Waals surface area contributed by atoms with Crippen molar-refractivity contribution in [1.29, 1.82) is 0 Å². The molecule has 4 nitrogen and oxygen atoms in total. The van der Waals surface area contributed by atoms with Gasteiger partial charge >= 0.3 is 5.97 Å². The predicted octanol–water partition coefficient (Wildman–Crippen LogP) is 0.137. The molecule has 5 heteroatoms. The first-order chi connectivity index (χ1) is 5.17. The highest BCUT2D eigenvalue weighted by Gasteiger charge is 2.26. The van der Waals surface area contributed by atoms with Crippen LogP contribution >= 0.6 is 15.9 Å². The third kappa shape index (κ3) is 2.98. The zero-order chi connectivity index (χ0) is 8.85. The van der Waals surface area contributed by atoms with Crippen molar-refractivity contribution >= 4 is 28.2 Å². The highest BCUT2D eigenvalue weighted by Crippen LogP contribution is 2.07. The van der Waals surface area contributed by atoms with E-state index < -0.39 is 16.9 Å². The minimum atomic E-state index is -0.863. The quantitative estimate of drug-likeness (QED) is 0.388. The van der Waals surface area contributed by atoms with Crippen molar-refractivity contribution in [3.8, 4) is 0 Å². The van der Waals surface area contributed by atoms with E-state index in [4.69, 9.17) is 4.74 Å². The van der Waals surface area contributed by atoms with Crippen LogP contribution in [0.2, 0.25) is 0 Å². The zero-order valence-electron chi connectivity index (χ0n) is 6.24. The van der Waals surface area contributed by atoms with Crippen molar-refractivity contribution in [2.75, 3.05) is 14.2 Å². The minimum Gasteiger partial charge on any atom is -0.467 e. The molecule has 0 heterocycles. The zero-order valence-corrected chi connectivity index (χ0v) is 7.83. The Balaban J connectivity index is 4.14. The molecule has 0 amide bonds. The van der Waals surface area contributed by atoms with Gasteiger partial charge < -0.3 is 14.3 Å². The fraction of sp³-hybridized carbons (Fsp3) is 0.667. The second-order valence-electron chi connectivity index (χ2n) is 1.76. The Morgan fingerprint density at radius 3 is 2.36 bits per heavy atom. The fourth-order valence-corrected chi connectivity index (χ4v) is 0.975. The van der Waals surface area contributed by atoms with Crippen LogP contribution in [0.1, 0.15) is 0 Å². The van der Waals surface area contributed by atoms with Crippen LogP contribution in [0.25, 0.3) is 0 Å². The van der Waals surface area contributed by atoms with E-state index in [2.05, 4.69) is 20.7 Å². The van der Waals surface area contributed by atoms with Crippen LogP contribution < -0.4 is 0 Å². The number of carbonyl (C=O) groups is 2. The molecule has 0 aromatic carbocycles. The molecule has 0 aromatic rings. The molecule has 0 aromatic heterocycles. The van der Waals surface area contributed by atoms with E-state index in [1.165, 1.54) is 14.2 Å². The molecule has 0 saturated heterocycles. The lowest BCUT2D eigenvalue weighted by molar-refractivity contribution is -0.152. The number of rotatable bonds is 4. The number of esters is 1. The maximum Gasteiger partial charge on any atom is 0.336 e. The van der Waals surface area contributed by atoms with E-state index in [-0.39, 0.29) is 0 Å². The molecule has 0 aliphatic rings. The lowest BCUT2D eigenvalue weighted by atomic mass is 10.3. The molecule has 11 heavy (non-hydrogen) atoms. The summed E-state index contributed by atoms with van der Waals surface area (Å²) in [5, 5.41) is 0. The third-order valence-corrected chi connectivity index (χ3v) is 1.80. The van der Waals surface area contributed by atoms with Gasteiger partial charge in [0.05, 0.1) is 7.11 Å². The van der Waals surface area contributed by atoms with E-state index in [0.717, 1.165) is 0 Å². The molecular weight excluding hydrogens is 216 g/mol. The number of ether oxygens (including phenoxy) is 2. The maximum absolute atomic E-state index is 10.8. The minimum absolute atomic E-state index is 0.568. The normalized spacial score (nSPS) is 15.2. The van der Waals surface area contributed by atoms with Crippen molar-refractivity contribution < 1.29 is 19.1 Å². The van der Waals surface area contributed by atoms with Crippen LogP contribution in [-0.2, 0) is 19.1 Å². The summed E-state index contributed by atoms with van der Waals surface area (Å²) in [6.45, 7) is 0. The molecule has 64 valence electrons. The van der Waals surface area contributed by atoms with Crippen LogP contribution in [0.15, 0.2) is 0 Å². The van der Waals surface area contributed by atoms with Crippen LogP contribution in [0.5, 0.6) is 0 Å². The van der Waals surface area contributed by atoms with Gasteiger partial charge in [0.25, 0.3) is 0 Å². The first-order valence-corrected chi connectivity index (χ1v) is 3.79. The summed E-state index contributed by atoms with van der Waals surface area (Å²) in [4.78, 5) is 20.3. The number of methoxy groups -OCH3 is 2. The van der Waals surface area contributed by atoms with Crippen molar-refractivity contribution in [3.05, 3.63) is 0 Å². The molecule has 2 atom stereocenters.